The number of nitrogens with one attached hydrogen (secondary N) is 1. The standard InChI is InChI=1S/C14H19NO4/c1-11-2-4-12(5-3-11)17-10-18-14(16)19-13-6-8-15-9-7-13/h2-5,13,15H,6-10H2,1H3. The van der Waals surface area contributed by atoms with E-state index < -0.39 is 6.16 Å². The Labute approximate surface area is 112 Å². The zero-order chi connectivity index (χ0) is 13.5. The van der Waals surface area contributed by atoms with Crippen molar-refractivity contribution in [2.24, 2.45) is 0 Å². The van der Waals surface area contributed by atoms with Gasteiger partial charge in [-0.2, -0.15) is 0 Å². The number of carbonyl (C=O) groups excluding carboxylic acids is 1. The molecular formula is C14H19NO4. The van der Waals surface area contributed by atoms with Gasteiger partial charge in [-0.05, 0) is 45.0 Å². The van der Waals surface area contributed by atoms with E-state index in [0.717, 1.165) is 31.5 Å². The summed E-state index contributed by atoms with van der Waals surface area (Å²) in [5.74, 6) is 0.667. The van der Waals surface area contributed by atoms with Crippen LogP contribution in [-0.2, 0) is 9.47 Å². The zero-order valence-electron chi connectivity index (χ0n) is 11.1. The quantitative estimate of drug-likeness (QED) is 0.668. The van der Waals surface area contributed by atoms with Gasteiger partial charge in [0.1, 0.15) is 11.9 Å². The van der Waals surface area contributed by atoms with Crippen molar-refractivity contribution in [1.82, 2.24) is 5.32 Å². The highest BCUT2D eigenvalue weighted by Crippen LogP contribution is 2.12. The first kappa shape index (κ1) is 13.7. The maximum absolute atomic E-state index is 11.4. The molecule has 5 heteroatoms. The molecule has 19 heavy (non-hydrogen) atoms. The van der Waals surface area contributed by atoms with Crippen molar-refractivity contribution in [2.45, 2.75) is 25.9 Å². The molecule has 1 heterocycles. The van der Waals surface area contributed by atoms with Crippen LogP contribution in [0.2, 0.25) is 0 Å². The number of piperidine rings is 1. The molecule has 1 saturated heterocycles. The average Bonchev–Trinajstić information content (AvgIpc) is 2.42. The van der Waals surface area contributed by atoms with E-state index >= 15 is 0 Å². The van der Waals surface area contributed by atoms with Crippen LogP contribution in [-0.4, -0.2) is 32.1 Å². The van der Waals surface area contributed by atoms with Gasteiger partial charge >= 0.3 is 6.16 Å². The molecule has 1 aliphatic rings. The fourth-order valence-electron chi connectivity index (χ4n) is 1.86. The largest absolute Gasteiger partial charge is 0.511 e. The van der Waals surface area contributed by atoms with E-state index in [1.54, 1.807) is 0 Å². The third kappa shape index (κ3) is 4.79. The predicted molar refractivity (Wildman–Crippen MR) is 70.1 cm³/mol. The normalized spacial score (nSPS) is 15.8. The summed E-state index contributed by atoms with van der Waals surface area (Å²) in [5, 5.41) is 3.20. The van der Waals surface area contributed by atoms with Crippen LogP contribution in [0.1, 0.15) is 18.4 Å². The molecule has 0 aliphatic carbocycles. The number of hydrogen-bond donors (Lipinski definition) is 1. The summed E-state index contributed by atoms with van der Waals surface area (Å²) in [4.78, 5) is 11.4. The first-order valence-corrected chi connectivity index (χ1v) is 6.47. The molecule has 0 unspecified atom stereocenters. The summed E-state index contributed by atoms with van der Waals surface area (Å²) < 4.78 is 15.3. The lowest BCUT2D eigenvalue weighted by molar-refractivity contribution is -0.0210. The van der Waals surface area contributed by atoms with Crippen LogP contribution in [0.15, 0.2) is 24.3 Å². The van der Waals surface area contributed by atoms with Crippen LogP contribution in [0, 0.1) is 6.92 Å². The third-order valence-electron chi connectivity index (χ3n) is 2.97. The molecule has 0 saturated carbocycles. The van der Waals surface area contributed by atoms with E-state index in [1.165, 1.54) is 0 Å². The Balaban J connectivity index is 1.64. The first-order chi connectivity index (χ1) is 9.24. The van der Waals surface area contributed by atoms with Gasteiger partial charge in [0.05, 0.1) is 0 Å². The van der Waals surface area contributed by atoms with Crippen molar-refractivity contribution in [3.63, 3.8) is 0 Å². The molecule has 0 spiro atoms. The van der Waals surface area contributed by atoms with Crippen LogP contribution < -0.4 is 10.1 Å². The highest BCUT2D eigenvalue weighted by atomic mass is 16.8. The Kier molecular flexibility index (Phi) is 5.03. The molecule has 0 aromatic heterocycles. The highest BCUT2D eigenvalue weighted by molar-refractivity contribution is 5.60. The SMILES string of the molecule is Cc1ccc(OCOC(=O)OC2CCNCC2)cc1. The molecule has 1 aliphatic heterocycles. The number of rotatable bonds is 4. The van der Waals surface area contributed by atoms with Crippen LogP contribution in [0.25, 0.3) is 0 Å². The van der Waals surface area contributed by atoms with Gasteiger partial charge in [-0.15, -0.1) is 0 Å². The van der Waals surface area contributed by atoms with Gasteiger partial charge in [0.25, 0.3) is 0 Å². The van der Waals surface area contributed by atoms with Gasteiger partial charge in [-0.25, -0.2) is 4.79 Å². The van der Waals surface area contributed by atoms with E-state index in [2.05, 4.69) is 5.32 Å². The van der Waals surface area contributed by atoms with Gasteiger partial charge in [-0.1, -0.05) is 17.7 Å². The lowest BCUT2D eigenvalue weighted by atomic mass is 10.1. The maximum atomic E-state index is 11.4. The van der Waals surface area contributed by atoms with Crippen molar-refractivity contribution in [1.29, 1.82) is 0 Å². The van der Waals surface area contributed by atoms with Crippen LogP contribution in [0.5, 0.6) is 5.75 Å². The number of benzene rings is 1. The Bertz CT molecular complexity index is 398. The molecule has 0 atom stereocenters. The van der Waals surface area contributed by atoms with Crippen LogP contribution in [0.4, 0.5) is 4.79 Å². The molecule has 5 nitrogen and oxygen atoms in total. The lowest BCUT2D eigenvalue weighted by Crippen LogP contribution is -2.34. The van der Waals surface area contributed by atoms with E-state index in [9.17, 15) is 4.79 Å². The number of aryl methyl sites for hydroxylation is 1. The molecule has 1 aromatic carbocycles. The molecule has 1 fully saturated rings. The third-order valence-corrected chi connectivity index (χ3v) is 2.97. The summed E-state index contributed by atoms with van der Waals surface area (Å²) in [5.41, 5.74) is 1.15. The van der Waals surface area contributed by atoms with Gasteiger partial charge in [-0.3, -0.25) is 0 Å². The highest BCUT2D eigenvalue weighted by Gasteiger charge is 2.18. The topological polar surface area (TPSA) is 56.8 Å². The number of carbonyl (C=O) groups is 1. The van der Waals surface area contributed by atoms with Crippen molar-refractivity contribution in [3.8, 4) is 5.75 Å². The molecule has 0 amide bonds. The minimum Gasteiger partial charge on any atom is -0.457 e. The molecule has 2 rings (SSSR count). The zero-order valence-corrected chi connectivity index (χ0v) is 11.1. The summed E-state index contributed by atoms with van der Waals surface area (Å²) >= 11 is 0. The molecule has 1 N–H and O–H groups in total. The number of hydrogen-bond acceptors (Lipinski definition) is 5. The van der Waals surface area contributed by atoms with Crippen LogP contribution >= 0.6 is 0 Å². The molecule has 1 aromatic rings. The lowest BCUT2D eigenvalue weighted by Gasteiger charge is -2.22. The van der Waals surface area contributed by atoms with E-state index in [1.807, 2.05) is 31.2 Å². The second-order valence-corrected chi connectivity index (χ2v) is 4.54. The van der Waals surface area contributed by atoms with E-state index in [0.29, 0.717) is 5.75 Å². The van der Waals surface area contributed by atoms with Gasteiger partial charge in [0, 0.05) is 0 Å². The maximum Gasteiger partial charge on any atom is 0.511 e. The minimum absolute atomic E-state index is 0.0480. The second kappa shape index (κ2) is 6.99. The summed E-state index contributed by atoms with van der Waals surface area (Å²) in [6.45, 7) is 3.61. The summed E-state index contributed by atoms with van der Waals surface area (Å²) in [6.07, 6.45) is 0.939. The smallest absolute Gasteiger partial charge is 0.457 e. The Morgan fingerprint density at radius 3 is 2.63 bits per heavy atom. The monoisotopic (exact) mass is 265 g/mol. The van der Waals surface area contributed by atoms with Crippen molar-refractivity contribution < 1.29 is 19.0 Å². The molecule has 0 radical (unpaired) electrons. The molecule has 104 valence electrons. The Hall–Kier alpha value is -1.75. The van der Waals surface area contributed by atoms with E-state index in [4.69, 9.17) is 14.2 Å². The number of ether oxygens (including phenoxy) is 3. The summed E-state index contributed by atoms with van der Waals surface area (Å²) in [7, 11) is 0. The fourth-order valence-corrected chi connectivity index (χ4v) is 1.86. The van der Waals surface area contributed by atoms with Gasteiger partial charge in [0.2, 0.25) is 6.79 Å². The first-order valence-electron chi connectivity index (χ1n) is 6.47. The minimum atomic E-state index is -0.668. The summed E-state index contributed by atoms with van der Waals surface area (Å²) in [6, 6.07) is 7.53. The average molecular weight is 265 g/mol. The molecule has 0 bridgehead atoms. The predicted octanol–water partition coefficient (Wildman–Crippen LogP) is 2.24. The molecular weight excluding hydrogens is 246 g/mol. The Morgan fingerprint density at radius 2 is 1.95 bits per heavy atom. The van der Waals surface area contributed by atoms with Crippen molar-refractivity contribution >= 4 is 6.16 Å². The van der Waals surface area contributed by atoms with Gasteiger partial charge < -0.3 is 19.5 Å². The fraction of sp³-hybridized carbons (Fsp3) is 0.500. The van der Waals surface area contributed by atoms with Gasteiger partial charge in [0.15, 0.2) is 0 Å². The van der Waals surface area contributed by atoms with Crippen molar-refractivity contribution in [2.75, 3.05) is 19.9 Å². The Morgan fingerprint density at radius 1 is 1.26 bits per heavy atom. The van der Waals surface area contributed by atoms with Crippen molar-refractivity contribution in [3.05, 3.63) is 29.8 Å². The van der Waals surface area contributed by atoms with E-state index in [-0.39, 0.29) is 12.9 Å². The van der Waals surface area contributed by atoms with Crippen LogP contribution in [0.3, 0.4) is 0 Å². The second-order valence-electron chi connectivity index (χ2n) is 4.54.